The molecule has 2 aromatic heterocycles. The summed E-state index contributed by atoms with van der Waals surface area (Å²) in [5, 5.41) is 5.83. The molecule has 6 nitrogen and oxygen atoms in total. The standard InChI is InChI=1S/C23H21N3O3S/c1-16-24-22(29-25-16)17-9-11-18(12-10-17)23(27)26(15-20-7-5-13-30-20)14-19-6-3-4-8-21(19)28-2/h3-13H,14-15H2,1-2H3. The number of carbonyl (C=O) groups is 1. The van der Waals surface area contributed by atoms with Gasteiger partial charge in [0.2, 0.25) is 0 Å². The first-order chi connectivity index (χ1) is 14.6. The number of aryl methyl sites for hydroxylation is 1. The summed E-state index contributed by atoms with van der Waals surface area (Å²) in [6.45, 7) is 2.75. The summed E-state index contributed by atoms with van der Waals surface area (Å²) in [6.07, 6.45) is 0. The zero-order valence-electron chi connectivity index (χ0n) is 16.7. The summed E-state index contributed by atoms with van der Waals surface area (Å²) in [5.74, 6) is 1.73. The third kappa shape index (κ3) is 4.41. The maximum Gasteiger partial charge on any atom is 0.257 e. The first-order valence-electron chi connectivity index (χ1n) is 9.48. The van der Waals surface area contributed by atoms with Crippen molar-refractivity contribution in [3.05, 3.63) is 87.9 Å². The quantitative estimate of drug-likeness (QED) is 0.424. The number of thiophene rings is 1. The lowest BCUT2D eigenvalue weighted by Gasteiger charge is -2.23. The van der Waals surface area contributed by atoms with Crippen molar-refractivity contribution in [3.63, 3.8) is 0 Å². The fraction of sp³-hybridized carbons (Fsp3) is 0.174. The van der Waals surface area contributed by atoms with Crippen LogP contribution in [0, 0.1) is 6.92 Å². The van der Waals surface area contributed by atoms with Gasteiger partial charge < -0.3 is 14.2 Å². The number of hydrogen-bond acceptors (Lipinski definition) is 6. The summed E-state index contributed by atoms with van der Waals surface area (Å²) in [4.78, 5) is 20.5. The Morgan fingerprint density at radius 1 is 1.07 bits per heavy atom. The Bertz CT molecular complexity index is 1120. The molecule has 4 rings (SSSR count). The average Bonchev–Trinajstić information content (AvgIpc) is 3.45. The molecular formula is C23H21N3O3S. The lowest BCUT2D eigenvalue weighted by Crippen LogP contribution is -2.30. The highest BCUT2D eigenvalue weighted by atomic mass is 32.1. The Labute approximate surface area is 178 Å². The number of rotatable bonds is 7. The van der Waals surface area contributed by atoms with Gasteiger partial charge in [-0.3, -0.25) is 4.79 Å². The second kappa shape index (κ2) is 8.92. The Morgan fingerprint density at radius 3 is 2.53 bits per heavy atom. The average molecular weight is 420 g/mol. The molecule has 152 valence electrons. The number of benzene rings is 2. The summed E-state index contributed by atoms with van der Waals surface area (Å²) in [6, 6.07) is 19.0. The molecule has 2 aromatic carbocycles. The summed E-state index contributed by atoms with van der Waals surface area (Å²) in [7, 11) is 1.64. The minimum atomic E-state index is -0.0532. The van der Waals surface area contributed by atoms with E-state index in [4.69, 9.17) is 9.26 Å². The molecule has 0 atom stereocenters. The number of methoxy groups -OCH3 is 1. The molecule has 0 radical (unpaired) electrons. The lowest BCUT2D eigenvalue weighted by molar-refractivity contribution is 0.0730. The molecule has 7 heteroatoms. The molecule has 0 aliphatic rings. The van der Waals surface area contributed by atoms with E-state index < -0.39 is 0 Å². The van der Waals surface area contributed by atoms with E-state index >= 15 is 0 Å². The van der Waals surface area contributed by atoms with E-state index in [2.05, 4.69) is 10.1 Å². The minimum absolute atomic E-state index is 0.0532. The van der Waals surface area contributed by atoms with Crippen molar-refractivity contribution in [1.82, 2.24) is 15.0 Å². The van der Waals surface area contributed by atoms with E-state index in [1.54, 1.807) is 37.5 Å². The molecule has 0 fully saturated rings. The van der Waals surface area contributed by atoms with Gasteiger partial charge in [-0.05, 0) is 48.7 Å². The van der Waals surface area contributed by atoms with Gasteiger partial charge in [0.15, 0.2) is 5.82 Å². The number of carbonyl (C=O) groups excluding carboxylic acids is 1. The van der Waals surface area contributed by atoms with Crippen molar-refractivity contribution in [2.45, 2.75) is 20.0 Å². The Morgan fingerprint density at radius 2 is 1.87 bits per heavy atom. The maximum atomic E-state index is 13.4. The summed E-state index contributed by atoms with van der Waals surface area (Å²) >= 11 is 1.63. The Balaban J connectivity index is 1.60. The number of nitrogens with zero attached hydrogens (tertiary/aromatic N) is 3. The van der Waals surface area contributed by atoms with Crippen molar-refractivity contribution in [2.24, 2.45) is 0 Å². The lowest BCUT2D eigenvalue weighted by atomic mass is 10.1. The highest BCUT2D eigenvalue weighted by Gasteiger charge is 2.19. The van der Waals surface area contributed by atoms with Crippen LogP contribution in [0.1, 0.15) is 26.6 Å². The van der Waals surface area contributed by atoms with Crippen molar-refractivity contribution in [1.29, 1.82) is 0 Å². The second-order valence-corrected chi connectivity index (χ2v) is 7.81. The number of hydrogen-bond donors (Lipinski definition) is 0. The molecule has 30 heavy (non-hydrogen) atoms. The number of para-hydroxylation sites is 1. The molecule has 1 amide bonds. The van der Waals surface area contributed by atoms with Gasteiger partial charge in [-0.15, -0.1) is 11.3 Å². The monoisotopic (exact) mass is 419 g/mol. The van der Waals surface area contributed by atoms with E-state index in [0.29, 0.717) is 30.4 Å². The molecule has 0 aliphatic carbocycles. The van der Waals surface area contributed by atoms with Crippen LogP contribution in [0.25, 0.3) is 11.5 Å². The molecule has 4 aromatic rings. The highest BCUT2D eigenvalue weighted by Crippen LogP contribution is 2.24. The molecule has 0 spiro atoms. The van der Waals surface area contributed by atoms with E-state index in [1.165, 1.54) is 0 Å². The van der Waals surface area contributed by atoms with Crippen molar-refractivity contribution >= 4 is 17.2 Å². The normalized spacial score (nSPS) is 10.7. The predicted molar refractivity (Wildman–Crippen MR) is 115 cm³/mol. The van der Waals surface area contributed by atoms with Gasteiger partial charge in [-0.2, -0.15) is 4.98 Å². The zero-order chi connectivity index (χ0) is 20.9. The van der Waals surface area contributed by atoms with E-state index in [-0.39, 0.29) is 5.91 Å². The van der Waals surface area contributed by atoms with Crippen LogP contribution in [-0.2, 0) is 13.1 Å². The minimum Gasteiger partial charge on any atom is -0.496 e. The first-order valence-corrected chi connectivity index (χ1v) is 10.4. The van der Waals surface area contributed by atoms with Crippen LogP contribution in [0.5, 0.6) is 5.75 Å². The van der Waals surface area contributed by atoms with E-state index in [0.717, 1.165) is 21.8 Å². The van der Waals surface area contributed by atoms with Gasteiger partial charge in [0, 0.05) is 21.6 Å². The van der Waals surface area contributed by atoms with Crippen LogP contribution >= 0.6 is 11.3 Å². The SMILES string of the molecule is COc1ccccc1CN(Cc1cccs1)C(=O)c1ccc(-c2nc(C)no2)cc1. The maximum absolute atomic E-state index is 13.4. The number of ether oxygens (including phenoxy) is 1. The van der Waals surface area contributed by atoms with Gasteiger partial charge in [-0.1, -0.05) is 29.4 Å². The van der Waals surface area contributed by atoms with Crippen molar-refractivity contribution in [3.8, 4) is 17.2 Å². The third-order valence-electron chi connectivity index (χ3n) is 4.67. The van der Waals surface area contributed by atoms with Gasteiger partial charge in [0.1, 0.15) is 5.75 Å². The topological polar surface area (TPSA) is 68.5 Å². The van der Waals surface area contributed by atoms with Crippen LogP contribution in [0.3, 0.4) is 0 Å². The van der Waals surface area contributed by atoms with E-state index in [9.17, 15) is 4.79 Å². The van der Waals surface area contributed by atoms with Gasteiger partial charge in [-0.25, -0.2) is 0 Å². The van der Waals surface area contributed by atoms with Crippen LogP contribution in [-0.4, -0.2) is 28.1 Å². The predicted octanol–water partition coefficient (Wildman–Crippen LogP) is 4.96. The molecule has 0 saturated heterocycles. The molecule has 0 saturated carbocycles. The zero-order valence-corrected chi connectivity index (χ0v) is 17.6. The third-order valence-corrected chi connectivity index (χ3v) is 5.54. The largest absolute Gasteiger partial charge is 0.496 e. The highest BCUT2D eigenvalue weighted by molar-refractivity contribution is 7.09. The smallest absolute Gasteiger partial charge is 0.257 e. The van der Waals surface area contributed by atoms with Crippen LogP contribution in [0.15, 0.2) is 70.6 Å². The van der Waals surface area contributed by atoms with Gasteiger partial charge in [0.05, 0.1) is 20.2 Å². The van der Waals surface area contributed by atoms with E-state index in [1.807, 2.05) is 58.8 Å². The molecule has 2 heterocycles. The molecule has 0 aliphatic heterocycles. The Kier molecular flexibility index (Phi) is 5.90. The summed E-state index contributed by atoms with van der Waals surface area (Å²) in [5.41, 5.74) is 2.34. The number of amides is 1. The second-order valence-electron chi connectivity index (χ2n) is 6.78. The van der Waals surface area contributed by atoms with Gasteiger partial charge >= 0.3 is 0 Å². The van der Waals surface area contributed by atoms with Crippen molar-refractivity contribution < 1.29 is 14.1 Å². The van der Waals surface area contributed by atoms with Crippen LogP contribution in [0.4, 0.5) is 0 Å². The molecule has 0 N–H and O–H groups in total. The fourth-order valence-corrected chi connectivity index (χ4v) is 3.90. The Hall–Kier alpha value is -3.45. The van der Waals surface area contributed by atoms with Gasteiger partial charge in [0.25, 0.3) is 11.8 Å². The fourth-order valence-electron chi connectivity index (χ4n) is 3.18. The molecule has 0 bridgehead atoms. The van der Waals surface area contributed by atoms with Crippen LogP contribution < -0.4 is 4.74 Å². The first kappa shape index (κ1) is 19.8. The van der Waals surface area contributed by atoms with Crippen molar-refractivity contribution in [2.75, 3.05) is 7.11 Å². The molecule has 0 unspecified atom stereocenters. The molecular weight excluding hydrogens is 398 g/mol. The summed E-state index contributed by atoms with van der Waals surface area (Å²) < 4.78 is 10.7. The van der Waals surface area contributed by atoms with Crippen LogP contribution in [0.2, 0.25) is 0 Å². The number of aromatic nitrogens is 2.